The van der Waals surface area contributed by atoms with Gasteiger partial charge < -0.3 is 9.47 Å². The lowest BCUT2D eigenvalue weighted by atomic mass is 10.1. The molecule has 0 spiro atoms. The predicted molar refractivity (Wildman–Crippen MR) is 96.9 cm³/mol. The normalized spacial score (nSPS) is 11.1. The average molecular weight is 380 g/mol. The molecule has 0 saturated heterocycles. The summed E-state index contributed by atoms with van der Waals surface area (Å²) >= 11 is 0. The Hall–Kier alpha value is -2.81. The van der Waals surface area contributed by atoms with E-state index in [-0.39, 0.29) is 17.7 Å². The highest BCUT2D eigenvalue weighted by Crippen LogP contribution is 2.22. The van der Waals surface area contributed by atoms with Crippen LogP contribution in [0.3, 0.4) is 0 Å². The van der Waals surface area contributed by atoms with Crippen LogP contribution in [0.5, 0.6) is 5.75 Å². The zero-order valence-electron chi connectivity index (χ0n) is 14.9. The minimum absolute atomic E-state index is 0.168. The summed E-state index contributed by atoms with van der Waals surface area (Å²) in [6, 6.07) is 7.78. The van der Waals surface area contributed by atoms with Crippen LogP contribution in [0.4, 0.5) is 5.69 Å². The third-order valence-corrected chi connectivity index (χ3v) is 4.77. The van der Waals surface area contributed by atoms with Crippen LogP contribution in [0.1, 0.15) is 11.1 Å². The summed E-state index contributed by atoms with van der Waals surface area (Å²) in [6.45, 7) is 1.67. The quantitative estimate of drug-likeness (QED) is 0.697. The van der Waals surface area contributed by atoms with E-state index in [9.17, 15) is 18.0 Å². The van der Waals surface area contributed by atoms with Crippen LogP contribution in [0, 0.1) is 6.92 Å². The maximum atomic E-state index is 12.9. The Bertz CT molecular complexity index is 964. The molecule has 0 aliphatic rings. The highest BCUT2D eigenvalue weighted by Gasteiger charge is 2.23. The second-order valence-electron chi connectivity index (χ2n) is 5.58. The van der Waals surface area contributed by atoms with Gasteiger partial charge in [0.25, 0.3) is 5.56 Å². The molecule has 1 aromatic heterocycles. The molecule has 26 heavy (non-hydrogen) atoms. The lowest BCUT2D eigenvalue weighted by Gasteiger charge is -2.25. The maximum Gasteiger partial charge on any atom is 0.310 e. The van der Waals surface area contributed by atoms with Gasteiger partial charge in [-0.3, -0.25) is 9.59 Å². The molecule has 2 aromatic rings. The van der Waals surface area contributed by atoms with Crippen LogP contribution in [-0.2, 0) is 26.0 Å². The number of aromatic nitrogens is 1. The van der Waals surface area contributed by atoms with Crippen molar-refractivity contribution in [3.63, 3.8) is 0 Å². The van der Waals surface area contributed by atoms with Crippen molar-refractivity contribution in [1.29, 1.82) is 0 Å². The maximum absolute atomic E-state index is 12.9. The number of anilines is 1. The van der Waals surface area contributed by atoms with Crippen LogP contribution in [0.2, 0.25) is 0 Å². The number of rotatable bonds is 6. The third kappa shape index (κ3) is 4.05. The molecule has 0 atom stereocenters. The first-order valence-corrected chi connectivity index (χ1v) is 9.46. The van der Waals surface area contributed by atoms with Crippen LogP contribution >= 0.6 is 0 Å². The summed E-state index contributed by atoms with van der Waals surface area (Å²) in [7, 11) is -1.12. The second kappa shape index (κ2) is 7.61. The van der Waals surface area contributed by atoms with E-state index in [0.717, 1.165) is 15.3 Å². The van der Waals surface area contributed by atoms with Gasteiger partial charge in [-0.2, -0.15) is 4.41 Å². The topological polar surface area (TPSA) is 94.9 Å². The summed E-state index contributed by atoms with van der Waals surface area (Å²) in [5.41, 5.74) is 0.376. The Balaban J connectivity index is 2.64. The number of nitrogens with zero attached hydrogens (tertiary/aromatic N) is 2. The fourth-order valence-electron chi connectivity index (χ4n) is 2.42. The van der Waals surface area contributed by atoms with Gasteiger partial charge in [0.2, 0.25) is 10.0 Å². The summed E-state index contributed by atoms with van der Waals surface area (Å²) in [5.74, 6) is -0.0388. The Morgan fingerprint density at radius 3 is 2.27 bits per heavy atom. The van der Waals surface area contributed by atoms with Gasteiger partial charge in [0.15, 0.2) is 0 Å². The Morgan fingerprint density at radius 1 is 1.15 bits per heavy atom. The van der Waals surface area contributed by atoms with E-state index < -0.39 is 21.6 Å². The first kappa shape index (κ1) is 19.5. The molecule has 0 fully saturated rings. The molecule has 0 bridgehead atoms. The highest BCUT2D eigenvalue weighted by molar-refractivity contribution is 7.92. The number of carbonyl (C=O) groups is 1. The Labute approximate surface area is 151 Å². The lowest BCUT2D eigenvalue weighted by Crippen LogP contribution is -2.43. The number of aryl methyl sites for hydroxylation is 1. The van der Waals surface area contributed by atoms with E-state index in [2.05, 4.69) is 4.74 Å². The number of hydrogen-bond acceptors (Lipinski definition) is 6. The standard InChI is InChI=1S/C17H20N2O6S/c1-12-9-10-18(17(21)15(12)11-16(20)25-3)19(26(4,22)23)13-5-7-14(24-2)8-6-13/h5-10H,11H2,1-4H3. The molecule has 1 heterocycles. The number of ether oxygens (including phenoxy) is 2. The van der Waals surface area contributed by atoms with Crippen molar-refractivity contribution in [2.45, 2.75) is 13.3 Å². The van der Waals surface area contributed by atoms with Crippen molar-refractivity contribution < 1.29 is 22.7 Å². The number of esters is 1. The lowest BCUT2D eigenvalue weighted by molar-refractivity contribution is -0.139. The number of pyridine rings is 1. The molecule has 0 radical (unpaired) electrons. The molecule has 140 valence electrons. The average Bonchev–Trinajstić information content (AvgIpc) is 2.60. The van der Waals surface area contributed by atoms with Gasteiger partial charge in [0.05, 0.1) is 32.6 Å². The number of methoxy groups -OCH3 is 2. The molecule has 1 aromatic carbocycles. The van der Waals surface area contributed by atoms with Crippen molar-refractivity contribution >= 4 is 21.7 Å². The Kier molecular flexibility index (Phi) is 5.71. The third-order valence-electron chi connectivity index (χ3n) is 3.76. The van der Waals surface area contributed by atoms with E-state index in [1.807, 2.05) is 0 Å². The van der Waals surface area contributed by atoms with Gasteiger partial charge >= 0.3 is 5.97 Å². The van der Waals surface area contributed by atoms with Crippen LogP contribution in [-0.4, -0.2) is 39.5 Å². The van der Waals surface area contributed by atoms with E-state index in [0.29, 0.717) is 11.3 Å². The number of hydrogen-bond donors (Lipinski definition) is 0. The van der Waals surface area contributed by atoms with Gasteiger partial charge in [0, 0.05) is 11.8 Å². The van der Waals surface area contributed by atoms with Crippen molar-refractivity contribution in [3.8, 4) is 5.75 Å². The van der Waals surface area contributed by atoms with E-state index in [1.54, 1.807) is 25.1 Å². The number of benzene rings is 1. The fourth-order valence-corrected chi connectivity index (χ4v) is 3.37. The second-order valence-corrected chi connectivity index (χ2v) is 7.40. The molecule has 0 aliphatic heterocycles. The SMILES string of the molecule is COC(=O)Cc1c(C)ccn(N(c2ccc(OC)cc2)S(C)(=O)=O)c1=O. The van der Waals surface area contributed by atoms with E-state index in [1.165, 1.54) is 32.5 Å². The molecular weight excluding hydrogens is 360 g/mol. The first-order valence-electron chi connectivity index (χ1n) is 7.61. The van der Waals surface area contributed by atoms with Gasteiger partial charge in [0.1, 0.15) is 5.75 Å². The van der Waals surface area contributed by atoms with Crippen molar-refractivity contribution in [3.05, 3.63) is 58.0 Å². The zero-order valence-corrected chi connectivity index (χ0v) is 15.7. The molecule has 0 amide bonds. The summed E-state index contributed by atoms with van der Waals surface area (Å²) in [5, 5.41) is 0. The number of sulfonamides is 1. The first-order chi connectivity index (χ1) is 12.2. The monoisotopic (exact) mass is 380 g/mol. The van der Waals surface area contributed by atoms with Crippen molar-refractivity contribution in [1.82, 2.24) is 4.68 Å². The van der Waals surface area contributed by atoms with E-state index in [4.69, 9.17) is 4.74 Å². The van der Waals surface area contributed by atoms with Crippen LogP contribution in [0.15, 0.2) is 41.3 Å². The molecule has 8 nitrogen and oxygen atoms in total. The highest BCUT2D eigenvalue weighted by atomic mass is 32.2. The predicted octanol–water partition coefficient (Wildman–Crippen LogP) is 1.11. The minimum Gasteiger partial charge on any atom is -0.497 e. The van der Waals surface area contributed by atoms with Crippen molar-refractivity contribution in [2.24, 2.45) is 0 Å². The van der Waals surface area contributed by atoms with Gasteiger partial charge in [-0.15, -0.1) is 0 Å². The van der Waals surface area contributed by atoms with Crippen molar-refractivity contribution in [2.75, 3.05) is 24.9 Å². The summed E-state index contributed by atoms with van der Waals surface area (Å²) in [4.78, 5) is 24.4. The number of carbonyl (C=O) groups excluding carboxylic acids is 1. The Morgan fingerprint density at radius 2 is 1.77 bits per heavy atom. The summed E-state index contributed by atoms with van der Waals surface area (Å²) in [6.07, 6.45) is 2.09. The summed E-state index contributed by atoms with van der Waals surface area (Å²) < 4.78 is 36.2. The molecule has 0 unspecified atom stereocenters. The van der Waals surface area contributed by atoms with Crippen LogP contribution < -0.4 is 14.7 Å². The minimum atomic E-state index is -3.84. The molecule has 0 saturated carbocycles. The fraction of sp³-hybridized carbons (Fsp3) is 0.294. The molecule has 2 rings (SSSR count). The zero-order chi connectivity index (χ0) is 19.5. The molecule has 0 N–H and O–H groups in total. The van der Waals surface area contributed by atoms with Gasteiger partial charge in [-0.05, 0) is 42.8 Å². The molecule has 9 heteroatoms. The largest absolute Gasteiger partial charge is 0.497 e. The smallest absolute Gasteiger partial charge is 0.310 e. The van der Waals surface area contributed by atoms with Crippen LogP contribution in [0.25, 0.3) is 0 Å². The molecular formula is C17H20N2O6S. The molecule has 0 aliphatic carbocycles. The van der Waals surface area contributed by atoms with Gasteiger partial charge in [-0.1, -0.05) is 0 Å². The van der Waals surface area contributed by atoms with Gasteiger partial charge in [-0.25, -0.2) is 13.1 Å². The van der Waals surface area contributed by atoms with E-state index >= 15 is 0 Å².